The zero-order chi connectivity index (χ0) is 24.9. The standard InChI is InChI=1S/C25H20ClFN4O3S/c1-32-20-7-4-14(8-21(20)33-2)12-29-25-16-10-23(35-13-28)22(34-3)11-19(16)30-24(31-25)15-5-6-18(27)17(26)9-15/h4-11H,12H2,1-3H3,(H,29,30,31). The summed E-state index contributed by atoms with van der Waals surface area (Å²) in [5.74, 6) is 2.11. The largest absolute Gasteiger partial charge is 0.495 e. The quantitative estimate of drug-likeness (QED) is 0.218. The normalized spacial score (nSPS) is 10.6. The minimum atomic E-state index is -0.525. The van der Waals surface area contributed by atoms with Crippen LogP contribution >= 0.6 is 23.4 Å². The number of thiocyanates is 1. The van der Waals surface area contributed by atoms with Gasteiger partial charge in [-0.25, -0.2) is 14.4 Å². The summed E-state index contributed by atoms with van der Waals surface area (Å²) in [7, 11) is 4.69. The number of nitrogens with zero attached hydrogens (tertiary/aromatic N) is 3. The molecule has 0 saturated heterocycles. The Morgan fingerprint density at radius 1 is 0.971 bits per heavy atom. The Labute approximate surface area is 210 Å². The van der Waals surface area contributed by atoms with Gasteiger partial charge in [-0.05, 0) is 53.7 Å². The summed E-state index contributed by atoms with van der Waals surface area (Å²) in [5.41, 5.74) is 2.08. The van der Waals surface area contributed by atoms with E-state index in [1.807, 2.05) is 18.2 Å². The fraction of sp³-hybridized carbons (Fsp3) is 0.160. The molecule has 1 heterocycles. The van der Waals surface area contributed by atoms with Gasteiger partial charge in [0.1, 0.15) is 22.8 Å². The van der Waals surface area contributed by atoms with E-state index in [2.05, 4.69) is 15.7 Å². The molecule has 0 bridgehead atoms. The minimum Gasteiger partial charge on any atom is -0.495 e. The van der Waals surface area contributed by atoms with Crippen LogP contribution in [0.3, 0.4) is 0 Å². The lowest BCUT2D eigenvalue weighted by Crippen LogP contribution is -2.05. The zero-order valence-corrected chi connectivity index (χ0v) is 20.6. The molecule has 0 amide bonds. The maximum Gasteiger partial charge on any atom is 0.162 e. The second-order valence-corrected chi connectivity index (χ2v) is 8.51. The number of anilines is 1. The third-order valence-corrected chi connectivity index (χ3v) is 6.14. The Morgan fingerprint density at radius 2 is 1.74 bits per heavy atom. The van der Waals surface area contributed by atoms with E-state index < -0.39 is 5.82 Å². The molecule has 0 spiro atoms. The molecule has 1 N–H and O–H groups in total. The van der Waals surface area contributed by atoms with Crippen LogP contribution in [0.4, 0.5) is 10.2 Å². The number of aromatic nitrogens is 2. The van der Waals surface area contributed by atoms with Crippen LogP contribution in [0.25, 0.3) is 22.3 Å². The Bertz CT molecular complexity index is 1440. The van der Waals surface area contributed by atoms with E-state index in [9.17, 15) is 9.65 Å². The van der Waals surface area contributed by atoms with Crippen molar-refractivity contribution in [3.8, 4) is 34.0 Å². The van der Waals surface area contributed by atoms with E-state index >= 15 is 0 Å². The summed E-state index contributed by atoms with van der Waals surface area (Å²) in [6.07, 6.45) is 0. The third kappa shape index (κ3) is 5.19. The number of methoxy groups -OCH3 is 3. The highest BCUT2D eigenvalue weighted by Gasteiger charge is 2.16. The van der Waals surface area contributed by atoms with Gasteiger partial charge in [-0.2, -0.15) is 5.26 Å². The van der Waals surface area contributed by atoms with Crippen LogP contribution in [0.2, 0.25) is 5.02 Å². The molecule has 0 saturated carbocycles. The highest BCUT2D eigenvalue weighted by Crippen LogP contribution is 2.36. The Hall–Kier alpha value is -3.74. The molecule has 0 aliphatic rings. The van der Waals surface area contributed by atoms with E-state index in [4.69, 9.17) is 30.8 Å². The number of rotatable bonds is 8. The molecule has 1 aromatic heterocycles. The molecular weight excluding hydrogens is 491 g/mol. The first kappa shape index (κ1) is 24.4. The van der Waals surface area contributed by atoms with Crippen molar-refractivity contribution >= 4 is 40.1 Å². The van der Waals surface area contributed by atoms with E-state index in [0.717, 1.165) is 17.3 Å². The molecule has 0 fully saturated rings. The average molecular weight is 511 g/mol. The molecule has 0 aliphatic heterocycles. The number of hydrogen-bond donors (Lipinski definition) is 1. The Balaban J connectivity index is 1.81. The number of nitriles is 1. The molecule has 178 valence electrons. The molecule has 3 aromatic carbocycles. The van der Waals surface area contributed by atoms with Gasteiger partial charge in [0.25, 0.3) is 0 Å². The molecular formula is C25H20ClFN4O3S. The van der Waals surface area contributed by atoms with Crippen LogP contribution in [-0.2, 0) is 6.54 Å². The lowest BCUT2D eigenvalue weighted by molar-refractivity contribution is 0.354. The molecule has 10 heteroatoms. The predicted molar refractivity (Wildman–Crippen MR) is 135 cm³/mol. The van der Waals surface area contributed by atoms with Gasteiger partial charge < -0.3 is 19.5 Å². The first-order valence-electron chi connectivity index (χ1n) is 10.3. The molecule has 35 heavy (non-hydrogen) atoms. The van der Waals surface area contributed by atoms with Gasteiger partial charge in [0.15, 0.2) is 17.3 Å². The zero-order valence-electron chi connectivity index (χ0n) is 19.1. The second-order valence-electron chi connectivity index (χ2n) is 7.28. The SMILES string of the molecule is COc1ccc(CNc2nc(-c3ccc(F)c(Cl)c3)nc3cc(OC)c(SC#N)cc23)cc1OC. The van der Waals surface area contributed by atoms with Crippen LogP contribution < -0.4 is 19.5 Å². The minimum absolute atomic E-state index is 0.0237. The first-order chi connectivity index (χ1) is 17.0. The summed E-state index contributed by atoms with van der Waals surface area (Å²) in [5, 5.41) is 15.3. The number of ether oxygens (including phenoxy) is 3. The molecule has 0 unspecified atom stereocenters. The highest BCUT2D eigenvalue weighted by atomic mass is 35.5. The van der Waals surface area contributed by atoms with Gasteiger partial charge in [0, 0.05) is 23.6 Å². The van der Waals surface area contributed by atoms with Crippen molar-refractivity contribution in [2.24, 2.45) is 0 Å². The van der Waals surface area contributed by atoms with Gasteiger partial charge in [-0.15, -0.1) is 0 Å². The van der Waals surface area contributed by atoms with Gasteiger partial charge in [0.2, 0.25) is 0 Å². The van der Waals surface area contributed by atoms with Crippen LogP contribution in [0.5, 0.6) is 17.2 Å². The van der Waals surface area contributed by atoms with Gasteiger partial charge in [0.05, 0.1) is 36.8 Å². The Kier molecular flexibility index (Phi) is 7.44. The molecule has 4 aromatic rings. The molecule has 4 rings (SSSR count). The van der Waals surface area contributed by atoms with Crippen molar-refractivity contribution in [1.82, 2.24) is 9.97 Å². The topological polar surface area (TPSA) is 89.3 Å². The first-order valence-corrected chi connectivity index (χ1v) is 11.5. The second kappa shape index (κ2) is 10.7. The number of benzene rings is 3. The summed E-state index contributed by atoms with van der Waals surface area (Å²) >= 11 is 6.98. The highest BCUT2D eigenvalue weighted by molar-refractivity contribution is 8.03. The third-order valence-electron chi connectivity index (χ3n) is 5.22. The summed E-state index contributed by atoms with van der Waals surface area (Å²) < 4.78 is 29.9. The summed E-state index contributed by atoms with van der Waals surface area (Å²) in [4.78, 5) is 9.99. The lowest BCUT2D eigenvalue weighted by Gasteiger charge is -2.14. The number of hydrogen-bond acceptors (Lipinski definition) is 8. The van der Waals surface area contributed by atoms with E-state index in [1.165, 1.54) is 19.2 Å². The average Bonchev–Trinajstić information content (AvgIpc) is 2.88. The van der Waals surface area contributed by atoms with Crippen molar-refractivity contribution in [2.45, 2.75) is 11.4 Å². The van der Waals surface area contributed by atoms with Gasteiger partial charge in [-0.1, -0.05) is 17.7 Å². The Morgan fingerprint density at radius 3 is 2.43 bits per heavy atom. The number of nitrogens with one attached hydrogen (secondary N) is 1. The van der Waals surface area contributed by atoms with E-state index in [-0.39, 0.29) is 5.02 Å². The maximum absolute atomic E-state index is 13.7. The van der Waals surface area contributed by atoms with Crippen LogP contribution in [0.15, 0.2) is 53.4 Å². The van der Waals surface area contributed by atoms with Crippen molar-refractivity contribution in [1.29, 1.82) is 5.26 Å². The fourth-order valence-corrected chi connectivity index (χ4v) is 4.20. The summed E-state index contributed by atoms with van der Waals surface area (Å²) in [6.45, 7) is 0.419. The fourth-order valence-electron chi connectivity index (χ4n) is 3.50. The monoisotopic (exact) mass is 510 g/mol. The van der Waals surface area contributed by atoms with Gasteiger partial charge >= 0.3 is 0 Å². The van der Waals surface area contributed by atoms with E-state index in [0.29, 0.717) is 56.8 Å². The summed E-state index contributed by atoms with van der Waals surface area (Å²) in [6, 6.07) is 13.5. The number of thioether (sulfide) groups is 1. The number of fused-ring (bicyclic) bond motifs is 1. The lowest BCUT2D eigenvalue weighted by atomic mass is 10.1. The van der Waals surface area contributed by atoms with Crippen molar-refractivity contribution in [2.75, 3.05) is 26.6 Å². The van der Waals surface area contributed by atoms with Crippen molar-refractivity contribution in [3.63, 3.8) is 0 Å². The van der Waals surface area contributed by atoms with Crippen LogP contribution in [-0.4, -0.2) is 31.3 Å². The molecule has 7 nitrogen and oxygen atoms in total. The number of halogens is 2. The maximum atomic E-state index is 13.7. The molecule has 0 radical (unpaired) electrons. The predicted octanol–water partition coefficient (Wildman–Crippen LogP) is 6.30. The van der Waals surface area contributed by atoms with E-state index in [1.54, 1.807) is 32.4 Å². The molecule has 0 atom stereocenters. The molecule has 0 aliphatic carbocycles. The van der Waals surface area contributed by atoms with Gasteiger partial charge in [-0.3, -0.25) is 0 Å². The van der Waals surface area contributed by atoms with Crippen molar-refractivity contribution in [3.05, 3.63) is 64.9 Å². The smallest absolute Gasteiger partial charge is 0.162 e. The van der Waals surface area contributed by atoms with Crippen LogP contribution in [0, 0.1) is 16.5 Å². The van der Waals surface area contributed by atoms with Crippen LogP contribution in [0.1, 0.15) is 5.56 Å². The van der Waals surface area contributed by atoms with Crippen molar-refractivity contribution < 1.29 is 18.6 Å².